The lowest BCUT2D eigenvalue weighted by molar-refractivity contribution is -0.186. The van der Waals surface area contributed by atoms with Crippen LogP contribution in [-0.4, -0.2) is 46.6 Å². The topological polar surface area (TPSA) is 58.1 Å². The standard InChI is InChI=1S/C16H19F3N4OS/c1-2-11-7-12-13(21-9-22-14(12)25-11)20-8-10-3-5-23(6-4-10)15(24)16(17,18)19/h7,9-10H,2-6,8H2,1H3,(H,20,21,22). The van der Waals surface area contributed by atoms with Crippen LogP contribution in [0, 0.1) is 5.92 Å². The molecular weight excluding hydrogens is 353 g/mol. The van der Waals surface area contributed by atoms with Gasteiger partial charge in [-0.1, -0.05) is 6.92 Å². The van der Waals surface area contributed by atoms with E-state index in [1.807, 2.05) is 0 Å². The van der Waals surface area contributed by atoms with E-state index >= 15 is 0 Å². The summed E-state index contributed by atoms with van der Waals surface area (Å²) in [7, 11) is 0. The summed E-state index contributed by atoms with van der Waals surface area (Å²) in [4.78, 5) is 22.9. The first-order valence-corrected chi connectivity index (χ1v) is 9.03. The fourth-order valence-corrected chi connectivity index (χ4v) is 3.92. The van der Waals surface area contributed by atoms with E-state index in [2.05, 4.69) is 28.3 Å². The van der Waals surface area contributed by atoms with Crippen LogP contribution in [0.1, 0.15) is 24.6 Å². The minimum absolute atomic E-state index is 0.141. The summed E-state index contributed by atoms with van der Waals surface area (Å²) in [5.74, 6) is -0.761. The Labute approximate surface area is 147 Å². The van der Waals surface area contributed by atoms with Crippen LogP contribution in [-0.2, 0) is 11.2 Å². The molecule has 0 radical (unpaired) electrons. The van der Waals surface area contributed by atoms with Gasteiger partial charge in [0.15, 0.2) is 0 Å². The van der Waals surface area contributed by atoms with Crippen LogP contribution < -0.4 is 5.32 Å². The van der Waals surface area contributed by atoms with Crippen LogP contribution in [0.4, 0.5) is 19.0 Å². The third kappa shape index (κ3) is 4.02. The number of nitrogens with zero attached hydrogens (tertiary/aromatic N) is 3. The predicted molar refractivity (Wildman–Crippen MR) is 90.6 cm³/mol. The lowest BCUT2D eigenvalue weighted by atomic mass is 9.96. The molecule has 2 aromatic rings. The Hall–Kier alpha value is -1.90. The number of carbonyl (C=O) groups excluding carboxylic acids is 1. The number of piperidine rings is 1. The average molecular weight is 372 g/mol. The maximum atomic E-state index is 12.5. The minimum Gasteiger partial charge on any atom is -0.369 e. The van der Waals surface area contributed by atoms with E-state index in [1.165, 1.54) is 11.2 Å². The first-order valence-electron chi connectivity index (χ1n) is 8.22. The van der Waals surface area contributed by atoms with Gasteiger partial charge in [-0.25, -0.2) is 9.97 Å². The highest BCUT2D eigenvalue weighted by Gasteiger charge is 2.43. The number of alkyl halides is 3. The Morgan fingerprint density at radius 1 is 1.36 bits per heavy atom. The molecule has 5 nitrogen and oxygen atoms in total. The first kappa shape index (κ1) is 17.9. The van der Waals surface area contributed by atoms with Crippen molar-refractivity contribution in [3.05, 3.63) is 17.3 Å². The number of hydrogen-bond acceptors (Lipinski definition) is 5. The number of carbonyl (C=O) groups is 1. The van der Waals surface area contributed by atoms with E-state index in [0.717, 1.165) is 27.4 Å². The molecule has 0 spiro atoms. The second-order valence-corrected chi connectivity index (χ2v) is 7.24. The molecule has 1 saturated heterocycles. The molecule has 1 amide bonds. The number of aryl methyl sites for hydroxylation is 1. The maximum Gasteiger partial charge on any atom is 0.471 e. The van der Waals surface area contributed by atoms with Crippen LogP contribution >= 0.6 is 11.3 Å². The van der Waals surface area contributed by atoms with Crippen LogP contribution in [0.3, 0.4) is 0 Å². The molecule has 2 aromatic heterocycles. The molecular formula is C16H19F3N4OS. The maximum absolute atomic E-state index is 12.5. The number of aromatic nitrogens is 2. The van der Waals surface area contributed by atoms with Gasteiger partial charge < -0.3 is 10.2 Å². The zero-order valence-electron chi connectivity index (χ0n) is 13.8. The number of hydrogen-bond donors (Lipinski definition) is 1. The van der Waals surface area contributed by atoms with Crippen molar-refractivity contribution in [1.82, 2.24) is 14.9 Å². The van der Waals surface area contributed by atoms with Crippen molar-refractivity contribution in [3.63, 3.8) is 0 Å². The van der Waals surface area contributed by atoms with Gasteiger partial charge >= 0.3 is 12.1 Å². The molecule has 136 valence electrons. The molecule has 3 heterocycles. The molecule has 0 saturated carbocycles. The Kier molecular flexibility index (Phi) is 5.12. The van der Waals surface area contributed by atoms with Gasteiger partial charge in [-0.3, -0.25) is 4.79 Å². The monoisotopic (exact) mass is 372 g/mol. The fourth-order valence-electron chi connectivity index (χ4n) is 2.98. The Morgan fingerprint density at radius 2 is 2.08 bits per heavy atom. The van der Waals surface area contributed by atoms with Gasteiger partial charge in [0, 0.05) is 24.5 Å². The first-order chi connectivity index (χ1) is 11.9. The van der Waals surface area contributed by atoms with Gasteiger partial charge in [-0.2, -0.15) is 13.2 Å². The number of nitrogens with one attached hydrogen (secondary N) is 1. The minimum atomic E-state index is -4.78. The molecule has 1 aliphatic rings. The highest BCUT2D eigenvalue weighted by Crippen LogP contribution is 2.29. The number of anilines is 1. The summed E-state index contributed by atoms with van der Waals surface area (Å²) in [6.07, 6.45) is -1.23. The summed E-state index contributed by atoms with van der Waals surface area (Å²) >= 11 is 1.64. The van der Waals surface area contributed by atoms with E-state index in [1.54, 1.807) is 11.3 Å². The van der Waals surface area contributed by atoms with Crippen LogP contribution in [0.25, 0.3) is 10.2 Å². The zero-order valence-corrected chi connectivity index (χ0v) is 14.6. The quantitative estimate of drug-likeness (QED) is 0.893. The summed E-state index contributed by atoms with van der Waals surface area (Å²) in [6, 6.07) is 2.08. The molecule has 3 rings (SSSR count). The van der Waals surface area contributed by atoms with Crippen molar-refractivity contribution in [1.29, 1.82) is 0 Å². The summed E-state index contributed by atoms with van der Waals surface area (Å²) in [5, 5.41) is 4.28. The summed E-state index contributed by atoms with van der Waals surface area (Å²) in [5.41, 5.74) is 0. The molecule has 1 N–H and O–H groups in total. The molecule has 9 heteroatoms. The summed E-state index contributed by atoms with van der Waals surface area (Å²) < 4.78 is 37.4. The highest BCUT2D eigenvalue weighted by molar-refractivity contribution is 7.18. The van der Waals surface area contributed by atoms with Crippen molar-refractivity contribution >= 4 is 33.3 Å². The van der Waals surface area contributed by atoms with Crippen molar-refractivity contribution in [2.45, 2.75) is 32.4 Å². The molecule has 1 fully saturated rings. The molecule has 1 aliphatic heterocycles. The third-order valence-electron chi connectivity index (χ3n) is 4.43. The van der Waals surface area contributed by atoms with Crippen LogP contribution in [0.15, 0.2) is 12.4 Å². The van der Waals surface area contributed by atoms with Gasteiger partial charge in [-0.15, -0.1) is 11.3 Å². The van der Waals surface area contributed by atoms with E-state index in [9.17, 15) is 18.0 Å². The van der Waals surface area contributed by atoms with Gasteiger partial charge in [0.25, 0.3) is 0 Å². The number of thiophene rings is 1. The Morgan fingerprint density at radius 3 is 2.72 bits per heavy atom. The Bertz CT molecular complexity index is 753. The van der Waals surface area contributed by atoms with E-state index in [0.29, 0.717) is 19.4 Å². The normalized spacial score (nSPS) is 16.4. The lowest BCUT2D eigenvalue weighted by Gasteiger charge is -2.32. The predicted octanol–water partition coefficient (Wildman–Crippen LogP) is 3.47. The molecule has 0 atom stereocenters. The fraction of sp³-hybridized carbons (Fsp3) is 0.562. The lowest BCUT2D eigenvalue weighted by Crippen LogP contribution is -2.46. The number of amides is 1. The second kappa shape index (κ2) is 7.15. The van der Waals surface area contributed by atoms with Gasteiger partial charge in [0.2, 0.25) is 0 Å². The van der Waals surface area contributed by atoms with Crippen molar-refractivity contribution in [2.24, 2.45) is 5.92 Å². The Balaban J connectivity index is 1.57. The van der Waals surface area contributed by atoms with Crippen molar-refractivity contribution < 1.29 is 18.0 Å². The number of rotatable bonds is 4. The molecule has 0 aromatic carbocycles. The van der Waals surface area contributed by atoms with Crippen LogP contribution in [0.2, 0.25) is 0 Å². The molecule has 25 heavy (non-hydrogen) atoms. The molecule has 0 unspecified atom stereocenters. The second-order valence-electron chi connectivity index (χ2n) is 6.12. The van der Waals surface area contributed by atoms with Crippen LogP contribution in [0.5, 0.6) is 0 Å². The van der Waals surface area contributed by atoms with Crippen molar-refractivity contribution in [3.8, 4) is 0 Å². The molecule has 0 aliphatic carbocycles. The van der Waals surface area contributed by atoms with E-state index in [-0.39, 0.29) is 19.0 Å². The van der Waals surface area contributed by atoms with E-state index in [4.69, 9.17) is 0 Å². The smallest absolute Gasteiger partial charge is 0.369 e. The van der Waals surface area contributed by atoms with Gasteiger partial charge in [0.05, 0.1) is 5.39 Å². The third-order valence-corrected chi connectivity index (χ3v) is 5.62. The largest absolute Gasteiger partial charge is 0.471 e. The number of likely N-dealkylation sites (tertiary alicyclic amines) is 1. The number of halogens is 3. The average Bonchev–Trinajstić information content (AvgIpc) is 3.03. The summed E-state index contributed by atoms with van der Waals surface area (Å²) in [6.45, 7) is 2.99. The van der Waals surface area contributed by atoms with Gasteiger partial charge in [0.1, 0.15) is 17.0 Å². The van der Waals surface area contributed by atoms with Gasteiger partial charge in [-0.05, 0) is 31.2 Å². The zero-order chi connectivity index (χ0) is 18.0. The van der Waals surface area contributed by atoms with Crippen molar-refractivity contribution in [2.75, 3.05) is 25.0 Å². The highest BCUT2D eigenvalue weighted by atomic mass is 32.1. The number of fused-ring (bicyclic) bond motifs is 1. The SMILES string of the molecule is CCc1cc2c(NCC3CCN(C(=O)C(F)(F)F)CC3)ncnc2s1. The van der Waals surface area contributed by atoms with E-state index < -0.39 is 12.1 Å². The molecule has 0 bridgehead atoms.